The lowest BCUT2D eigenvalue weighted by atomic mass is 9.92. The van der Waals surface area contributed by atoms with Crippen LogP contribution in [0.3, 0.4) is 0 Å². The topological polar surface area (TPSA) is 4.93 Å². The van der Waals surface area contributed by atoms with Gasteiger partial charge in [0.15, 0.2) is 0 Å². The quantitative estimate of drug-likeness (QED) is 0.515. The zero-order valence-electron chi connectivity index (χ0n) is 14.8. The number of hydrogen-bond donors (Lipinski definition) is 0. The van der Waals surface area contributed by atoms with E-state index >= 15 is 0 Å². The van der Waals surface area contributed by atoms with Crippen LogP contribution in [-0.4, -0.2) is 4.57 Å². The fraction of sp³-hybridized carbons (Fsp3) is 0.273. The van der Waals surface area contributed by atoms with E-state index < -0.39 is 0 Å². The Morgan fingerprint density at radius 1 is 0.792 bits per heavy atom. The molecule has 3 aromatic rings. The molecule has 0 fully saturated rings. The van der Waals surface area contributed by atoms with E-state index in [4.69, 9.17) is 0 Å². The number of halogens is 1. The number of hydrogen-bond acceptors (Lipinski definition) is 0. The third-order valence-corrected chi connectivity index (χ3v) is 4.44. The highest BCUT2D eigenvalue weighted by Gasteiger charge is 2.19. The zero-order valence-corrected chi connectivity index (χ0v) is 14.8. The van der Waals surface area contributed by atoms with Crippen LogP contribution >= 0.6 is 0 Å². The number of aromatic nitrogens is 1. The first kappa shape index (κ1) is 16.5. The second-order valence-corrected chi connectivity index (χ2v) is 6.87. The van der Waals surface area contributed by atoms with Crippen LogP contribution in [0.2, 0.25) is 0 Å². The summed E-state index contributed by atoms with van der Waals surface area (Å²) >= 11 is 0. The van der Waals surface area contributed by atoms with E-state index in [-0.39, 0.29) is 17.7 Å². The molecule has 0 saturated heterocycles. The van der Waals surface area contributed by atoms with Crippen LogP contribution in [0.15, 0.2) is 60.8 Å². The highest BCUT2D eigenvalue weighted by molar-refractivity contribution is 5.65. The molecular weight excluding hydrogens is 297 g/mol. The Bertz CT molecular complexity index is 799. The van der Waals surface area contributed by atoms with Gasteiger partial charge < -0.3 is 4.57 Å². The maximum atomic E-state index is 14.2. The summed E-state index contributed by atoms with van der Waals surface area (Å²) in [5.74, 6) is 0.345. The molecule has 1 nitrogen and oxygen atoms in total. The molecule has 24 heavy (non-hydrogen) atoms. The highest BCUT2D eigenvalue weighted by atomic mass is 19.1. The van der Waals surface area contributed by atoms with Crippen molar-refractivity contribution < 1.29 is 4.39 Å². The van der Waals surface area contributed by atoms with E-state index in [0.717, 1.165) is 28.1 Å². The average molecular weight is 321 g/mol. The van der Waals surface area contributed by atoms with E-state index in [2.05, 4.69) is 62.7 Å². The lowest BCUT2D eigenvalue weighted by Gasteiger charge is -2.22. The first-order chi connectivity index (χ1) is 11.5. The molecule has 0 aliphatic rings. The SMILES string of the molecule is CC(C)c1cc(F)cc(C(C)C)c1-n1cccc1-c1ccccc1. The third-order valence-electron chi connectivity index (χ3n) is 4.44. The monoisotopic (exact) mass is 321 g/mol. The van der Waals surface area contributed by atoms with Crippen molar-refractivity contribution in [2.45, 2.75) is 39.5 Å². The summed E-state index contributed by atoms with van der Waals surface area (Å²) in [6.45, 7) is 8.48. The lowest BCUT2D eigenvalue weighted by molar-refractivity contribution is 0.616. The molecule has 1 aromatic heterocycles. The van der Waals surface area contributed by atoms with Gasteiger partial charge in [-0.15, -0.1) is 0 Å². The zero-order chi connectivity index (χ0) is 17.3. The predicted molar refractivity (Wildman–Crippen MR) is 99.3 cm³/mol. The van der Waals surface area contributed by atoms with Crippen molar-refractivity contribution in [1.82, 2.24) is 4.57 Å². The minimum Gasteiger partial charge on any atom is -0.316 e. The Morgan fingerprint density at radius 3 is 1.92 bits per heavy atom. The minimum absolute atomic E-state index is 0.153. The number of nitrogens with zero attached hydrogens (tertiary/aromatic N) is 1. The largest absolute Gasteiger partial charge is 0.316 e. The molecule has 0 saturated carbocycles. The van der Waals surface area contributed by atoms with Gasteiger partial charge >= 0.3 is 0 Å². The van der Waals surface area contributed by atoms with Crippen molar-refractivity contribution in [3.63, 3.8) is 0 Å². The Hall–Kier alpha value is -2.35. The summed E-state index contributed by atoms with van der Waals surface area (Å²) in [4.78, 5) is 0. The Morgan fingerprint density at radius 2 is 1.38 bits per heavy atom. The molecule has 0 amide bonds. The second kappa shape index (κ2) is 6.64. The Kier molecular flexibility index (Phi) is 4.57. The molecule has 0 atom stereocenters. The molecule has 3 rings (SSSR count). The van der Waals surface area contributed by atoms with Gasteiger partial charge in [0.2, 0.25) is 0 Å². The van der Waals surface area contributed by atoms with Crippen molar-refractivity contribution in [1.29, 1.82) is 0 Å². The van der Waals surface area contributed by atoms with Crippen LogP contribution in [-0.2, 0) is 0 Å². The predicted octanol–water partition coefficient (Wildman–Crippen LogP) is 6.53. The van der Waals surface area contributed by atoms with Crippen LogP contribution in [0.5, 0.6) is 0 Å². The third kappa shape index (κ3) is 3.01. The standard InChI is InChI=1S/C22H24FN/c1-15(2)19-13-18(23)14-20(16(3)4)22(19)24-12-8-11-21(24)17-9-6-5-7-10-17/h5-16H,1-4H3. The molecule has 0 spiro atoms. The van der Waals surface area contributed by atoms with Crippen LogP contribution < -0.4 is 0 Å². The average Bonchev–Trinajstić information content (AvgIpc) is 3.04. The van der Waals surface area contributed by atoms with E-state index in [0.29, 0.717) is 0 Å². The molecule has 0 unspecified atom stereocenters. The Balaban J connectivity index is 2.29. The minimum atomic E-state index is -0.153. The first-order valence-corrected chi connectivity index (χ1v) is 8.55. The van der Waals surface area contributed by atoms with E-state index in [1.54, 1.807) is 12.1 Å². The molecule has 124 valence electrons. The lowest BCUT2D eigenvalue weighted by Crippen LogP contribution is -2.08. The molecule has 0 radical (unpaired) electrons. The summed E-state index contributed by atoms with van der Waals surface area (Å²) in [6.07, 6.45) is 2.08. The van der Waals surface area contributed by atoms with Crippen LogP contribution in [0, 0.1) is 5.82 Å². The summed E-state index contributed by atoms with van der Waals surface area (Å²) in [6, 6.07) is 17.9. The highest BCUT2D eigenvalue weighted by Crippen LogP contribution is 2.35. The van der Waals surface area contributed by atoms with Crippen LogP contribution in [0.1, 0.15) is 50.7 Å². The van der Waals surface area contributed by atoms with Gasteiger partial charge in [-0.25, -0.2) is 4.39 Å². The van der Waals surface area contributed by atoms with E-state index in [1.807, 2.05) is 18.2 Å². The second-order valence-electron chi connectivity index (χ2n) is 6.87. The fourth-order valence-corrected chi connectivity index (χ4v) is 3.22. The van der Waals surface area contributed by atoms with Gasteiger partial charge in [0.1, 0.15) is 5.82 Å². The number of rotatable bonds is 4. The maximum Gasteiger partial charge on any atom is 0.123 e. The van der Waals surface area contributed by atoms with Crippen molar-refractivity contribution in [3.8, 4) is 16.9 Å². The van der Waals surface area contributed by atoms with Gasteiger partial charge in [-0.3, -0.25) is 0 Å². The maximum absolute atomic E-state index is 14.2. The Labute approximate surface area is 143 Å². The number of benzene rings is 2. The van der Waals surface area contributed by atoms with Crippen molar-refractivity contribution in [2.75, 3.05) is 0 Å². The van der Waals surface area contributed by atoms with E-state index in [9.17, 15) is 4.39 Å². The van der Waals surface area contributed by atoms with Crippen molar-refractivity contribution >= 4 is 0 Å². The normalized spacial score (nSPS) is 11.5. The van der Waals surface area contributed by atoms with Crippen LogP contribution in [0.25, 0.3) is 16.9 Å². The van der Waals surface area contributed by atoms with E-state index in [1.165, 1.54) is 0 Å². The molecule has 2 heteroatoms. The molecule has 0 N–H and O–H groups in total. The molecule has 0 aliphatic carbocycles. The summed E-state index contributed by atoms with van der Waals surface area (Å²) in [5, 5.41) is 0. The van der Waals surface area contributed by atoms with Gasteiger partial charge in [0, 0.05) is 6.20 Å². The fourth-order valence-electron chi connectivity index (χ4n) is 3.22. The first-order valence-electron chi connectivity index (χ1n) is 8.55. The summed E-state index contributed by atoms with van der Waals surface area (Å²) in [7, 11) is 0. The van der Waals surface area contributed by atoms with Gasteiger partial charge in [0.05, 0.1) is 11.4 Å². The molecule has 2 aromatic carbocycles. The van der Waals surface area contributed by atoms with Gasteiger partial charge in [-0.05, 0) is 52.8 Å². The molecule has 0 aliphatic heterocycles. The molecule has 0 bridgehead atoms. The summed E-state index contributed by atoms with van der Waals surface area (Å²) < 4.78 is 16.4. The molecular formula is C22H24FN. The van der Waals surface area contributed by atoms with Crippen molar-refractivity contribution in [2.24, 2.45) is 0 Å². The molecule has 1 heterocycles. The van der Waals surface area contributed by atoms with Gasteiger partial charge in [-0.1, -0.05) is 58.0 Å². The van der Waals surface area contributed by atoms with Gasteiger partial charge in [-0.2, -0.15) is 0 Å². The van der Waals surface area contributed by atoms with Crippen molar-refractivity contribution in [3.05, 3.63) is 77.7 Å². The van der Waals surface area contributed by atoms with Crippen LogP contribution in [0.4, 0.5) is 4.39 Å². The van der Waals surface area contributed by atoms with Gasteiger partial charge in [0.25, 0.3) is 0 Å². The summed E-state index contributed by atoms with van der Waals surface area (Å²) in [5.41, 5.74) is 5.51. The smallest absolute Gasteiger partial charge is 0.123 e.